The van der Waals surface area contributed by atoms with Gasteiger partial charge in [0, 0.05) is 15.8 Å². The Bertz CT molecular complexity index is 1130. The van der Waals surface area contributed by atoms with Crippen LogP contribution in [-0.2, 0) is 4.79 Å². The zero-order valence-corrected chi connectivity index (χ0v) is 16.7. The van der Waals surface area contributed by atoms with Crippen molar-refractivity contribution in [3.8, 4) is 0 Å². The van der Waals surface area contributed by atoms with Gasteiger partial charge in [-0.25, -0.2) is 4.98 Å². The van der Waals surface area contributed by atoms with E-state index in [1.807, 2.05) is 36.4 Å². The maximum Gasteiger partial charge on any atom is 0.290 e. The van der Waals surface area contributed by atoms with Gasteiger partial charge in [-0.2, -0.15) is 0 Å². The van der Waals surface area contributed by atoms with Gasteiger partial charge in [-0.15, -0.1) is 0 Å². The predicted molar refractivity (Wildman–Crippen MR) is 111 cm³/mol. The molecular formula is C19H10Cl2N2O2S2. The van der Waals surface area contributed by atoms with Crippen molar-refractivity contribution in [3.63, 3.8) is 0 Å². The number of nitrogens with zero attached hydrogens (tertiary/aromatic N) is 1. The normalized spacial score (nSPS) is 15.6. The SMILES string of the molecule is O=C1NC(=O)C(=Cc2cc3ccccc3nc2Sc2ccc(Cl)c(Cl)c2)S1. The van der Waals surface area contributed by atoms with Crippen LogP contribution in [0.25, 0.3) is 17.0 Å². The molecule has 1 aliphatic heterocycles. The number of fused-ring (bicyclic) bond motifs is 1. The van der Waals surface area contributed by atoms with Gasteiger partial charge in [-0.1, -0.05) is 53.2 Å². The summed E-state index contributed by atoms with van der Waals surface area (Å²) in [5.41, 5.74) is 1.58. The summed E-state index contributed by atoms with van der Waals surface area (Å²) in [7, 11) is 0. The van der Waals surface area contributed by atoms with E-state index >= 15 is 0 Å². The minimum absolute atomic E-state index is 0.341. The van der Waals surface area contributed by atoms with E-state index in [4.69, 9.17) is 28.2 Å². The number of rotatable bonds is 3. The van der Waals surface area contributed by atoms with Gasteiger partial charge in [0.1, 0.15) is 5.03 Å². The summed E-state index contributed by atoms with van der Waals surface area (Å²) in [5.74, 6) is -0.399. The number of carbonyl (C=O) groups excluding carboxylic acids is 2. The maximum absolute atomic E-state index is 11.9. The average Bonchev–Trinajstić information content (AvgIpc) is 2.95. The van der Waals surface area contributed by atoms with E-state index in [1.54, 1.807) is 18.2 Å². The van der Waals surface area contributed by atoms with E-state index < -0.39 is 5.91 Å². The fourth-order valence-corrected chi connectivity index (χ4v) is 4.47. The number of hydrogen-bond acceptors (Lipinski definition) is 5. The Hall–Kier alpha value is -1.99. The van der Waals surface area contributed by atoms with Gasteiger partial charge in [0.15, 0.2) is 0 Å². The number of halogens is 2. The van der Waals surface area contributed by atoms with Crippen LogP contribution in [0.5, 0.6) is 0 Å². The summed E-state index contributed by atoms with van der Waals surface area (Å²) < 4.78 is 0. The topological polar surface area (TPSA) is 59.1 Å². The first-order valence-electron chi connectivity index (χ1n) is 7.77. The number of nitrogens with one attached hydrogen (secondary N) is 1. The quantitative estimate of drug-likeness (QED) is 0.512. The second-order valence-electron chi connectivity index (χ2n) is 5.61. The largest absolute Gasteiger partial charge is 0.290 e. The highest BCUT2D eigenvalue weighted by Gasteiger charge is 2.25. The molecule has 1 N–H and O–H groups in total. The molecule has 1 fully saturated rings. The summed E-state index contributed by atoms with van der Waals surface area (Å²) in [4.78, 5) is 29.3. The van der Waals surface area contributed by atoms with Crippen molar-refractivity contribution in [3.05, 3.63) is 69.0 Å². The van der Waals surface area contributed by atoms with Crippen molar-refractivity contribution < 1.29 is 9.59 Å². The Morgan fingerprint density at radius 1 is 1.04 bits per heavy atom. The number of para-hydroxylation sites is 1. The third kappa shape index (κ3) is 3.99. The minimum atomic E-state index is -0.399. The van der Waals surface area contributed by atoms with E-state index in [2.05, 4.69) is 5.32 Å². The summed E-state index contributed by atoms with van der Waals surface area (Å²) in [5, 5.41) is 4.47. The molecule has 1 aliphatic rings. The molecule has 0 bridgehead atoms. The van der Waals surface area contributed by atoms with Crippen LogP contribution in [-0.4, -0.2) is 16.1 Å². The lowest BCUT2D eigenvalue weighted by atomic mass is 10.1. The molecule has 0 spiro atoms. The van der Waals surface area contributed by atoms with Crippen molar-refractivity contribution in [1.82, 2.24) is 10.3 Å². The zero-order chi connectivity index (χ0) is 19.0. The lowest BCUT2D eigenvalue weighted by Gasteiger charge is -2.09. The van der Waals surface area contributed by atoms with Crippen LogP contribution in [0.4, 0.5) is 4.79 Å². The fourth-order valence-electron chi connectivity index (χ4n) is 2.51. The van der Waals surface area contributed by atoms with Crippen LogP contribution in [0.2, 0.25) is 10.0 Å². The van der Waals surface area contributed by atoms with Crippen LogP contribution in [0.3, 0.4) is 0 Å². The van der Waals surface area contributed by atoms with Crippen molar-refractivity contribution in [2.75, 3.05) is 0 Å². The molecule has 2 amide bonds. The van der Waals surface area contributed by atoms with E-state index in [-0.39, 0.29) is 5.24 Å². The van der Waals surface area contributed by atoms with Crippen LogP contribution in [0, 0.1) is 0 Å². The Morgan fingerprint density at radius 2 is 1.85 bits per heavy atom. The zero-order valence-electron chi connectivity index (χ0n) is 13.5. The van der Waals surface area contributed by atoms with Crippen LogP contribution in [0.15, 0.2) is 63.4 Å². The highest BCUT2D eigenvalue weighted by atomic mass is 35.5. The minimum Gasteiger partial charge on any atom is -0.282 e. The molecule has 0 unspecified atom stereocenters. The molecule has 0 saturated carbocycles. The number of thioether (sulfide) groups is 1. The van der Waals surface area contributed by atoms with Crippen molar-refractivity contribution >= 4 is 74.9 Å². The molecule has 1 aromatic heterocycles. The third-order valence-corrected chi connectivity index (χ3v) is 6.31. The number of imide groups is 1. The molecule has 4 rings (SSSR count). The van der Waals surface area contributed by atoms with Crippen LogP contribution >= 0.6 is 46.7 Å². The number of benzene rings is 2. The van der Waals surface area contributed by atoms with E-state index in [0.29, 0.717) is 20.0 Å². The summed E-state index contributed by atoms with van der Waals surface area (Å²) in [6.45, 7) is 0. The lowest BCUT2D eigenvalue weighted by Crippen LogP contribution is -2.17. The first-order valence-corrected chi connectivity index (χ1v) is 10.2. The predicted octanol–water partition coefficient (Wildman–Crippen LogP) is 6.02. The van der Waals surface area contributed by atoms with Gasteiger partial charge in [0.2, 0.25) is 0 Å². The van der Waals surface area contributed by atoms with E-state index in [1.165, 1.54) is 11.8 Å². The molecule has 134 valence electrons. The molecular weight excluding hydrogens is 423 g/mol. The molecule has 8 heteroatoms. The van der Waals surface area contributed by atoms with Gasteiger partial charge in [-0.3, -0.25) is 14.9 Å². The maximum atomic E-state index is 11.9. The number of pyridine rings is 1. The molecule has 27 heavy (non-hydrogen) atoms. The summed E-state index contributed by atoms with van der Waals surface area (Å²) in [6, 6.07) is 15.0. The van der Waals surface area contributed by atoms with Crippen LogP contribution in [0.1, 0.15) is 5.56 Å². The Balaban J connectivity index is 1.81. The second kappa shape index (κ2) is 7.56. The van der Waals surface area contributed by atoms with Crippen molar-refractivity contribution in [2.24, 2.45) is 0 Å². The second-order valence-corrected chi connectivity index (χ2v) is 8.50. The highest BCUT2D eigenvalue weighted by Crippen LogP contribution is 2.36. The number of amides is 2. The van der Waals surface area contributed by atoms with Gasteiger partial charge in [0.05, 0.1) is 20.5 Å². The highest BCUT2D eigenvalue weighted by molar-refractivity contribution is 8.18. The van der Waals surface area contributed by atoms with E-state index in [0.717, 1.165) is 33.1 Å². The molecule has 4 nitrogen and oxygen atoms in total. The molecule has 2 heterocycles. The van der Waals surface area contributed by atoms with Gasteiger partial charge < -0.3 is 0 Å². The molecule has 0 aliphatic carbocycles. The molecule has 3 aromatic rings. The first kappa shape index (κ1) is 18.4. The Labute approximate surface area is 173 Å². The standard InChI is InChI=1S/C19H10Cl2N2O2S2/c20-13-6-5-12(9-14(13)21)26-18-11(8-16-17(24)23-19(25)27-16)7-10-3-1-2-4-15(10)22-18/h1-9H,(H,23,24,25). The monoisotopic (exact) mass is 432 g/mol. The van der Waals surface area contributed by atoms with Gasteiger partial charge in [-0.05, 0) is 48.2 Å². The van der Waals surface area contributed by atoms with E-state index in [9.17, 15) is 9.59 Å². The smallest absolute Gasteiger partial charge is 0.282 e. The molecule has 0 radical (unpaired) electrons. The summed E-state index contributed by atoms with van der Waals surface area (Å²) >= 11 is 14.4. The molecule has 0 atom stereocenters. The first-order chi connectivity index (χ1) is 13.0. The number of aromatic nitrogens is 1. The Kier molecular flexibility index (Phi) is 5.14. The van der Waals surface area contributed by atoms with Gasteiger partial charge in [0.25, 0.3) is 11.1 Å². The van der Waals surface area contributed by atoms with Crippen molar-refractivity contribution in [2.45, 2.75) is 9.92 Å². The lowest BCUT2D eigenvalue weighted by molar-refractivity contribution is -0.115. The van der Waals surface area contributed by atoms with Gasteiger partial charge >= 0.3 is 0 Å². The Morgan fingerprint density at radius 3 is 2.59 bits per heavy atom. The van der Waals surface area contributed by atoms with Crippen molar-refractivity contribution in [1.29, 1.82) is 0 Å². The molecule has 2 aromatic carbocycles. The average molecular weight is 433 g/mol. The summed E-state index contributed by atoms with van der Waals surface area (Å²) in [6.07, 6.45) is 1.68. The number of hydrogen-bond donors (Lipinski definition) is 1. The molecule has 1 saturated heterocycles. The third-order valence-electron chi connectivity index (χ3n) is 3.75. The van der Waals surface area contributed by atoms with Crippen LogP contribution < -0.4 is 5.32 Å². The fraction of sp³-hybridized carbons (Fsp3) is 0. The number of carbonyl (C=O) groups is 2.